The van der Waals surface area contributed by atoms with Crippen molar-refractivity contribution in [2.24, 2.45) is 0 Å². The molecule has 1 aliphatic carbocycles. The molecule has 0 saturated heterocycles. The Balaban J connectivity index is 2.29. The Morgan fingerprint density at radius 1 is 1.30 bits per heavy atom. The van der Waals surface area contributed by atoms with Gasteiger partial charge in [0.25, 0.3) is 5.91 Å². The Morgan fingerprint density at radius 3 is 2.60 bits per heavy atom. The number of benzene rings is 1. The summed E-state index contributed by atoms with van der Waals surface area (Å²) in [6.07, 6.45) is 3.60. The molecule has 0 radical (unpaired) electrons. The van der Waals surface area contributed by atoms with E-state index in [1.807, 2.05) is 0 Å². The van der Waals surface area contributed by atoms with Crippen molar-refractivity contribution in [1.29, 1.82) is 0 Å². The average Bonchev–Trinajstić information content (AvgIpc) is 2.43. The summed E-state index contributed by atoms with van der Waals surface area (Å²) in [6, 6.07) is 2.28. The van der Waals surface area contributed by atoms with E-state index >= 15 is 0 Å². The molecule has 1 saturated carbocycles. The molecule has 1 fully saturated rings. The van der Waals surface area contributed by atoms with E-state index in [1.54, 1.807) is 7.05 Å². The maximum absolute atomic E-state index is 14.0. The summed E-state index contributed by atoms with van der Waals surface area (Å²) < 4.78 is 27.8. The van der Waals surface area contributed by atoms with Crippen LogP contribution in [0.25, 0.3) is 0 Å². The fourth-order valence-electron chi connectivity index (χ4n) is 2.68. The summed E-state index contributed by atoms with van der Waals surface area (Å²) in [5.41, 5.74) is -0.226. The molecule has 0 N–H and O–H groups in total. The average molecular weight is 302 g/mol. The lowest BCUT2D eigenvalue weighted by Crippen LogP contribution is -2.44. The molecule has 1 amide bonds. The molecule has 1 aliphatic rings. The van der Waals surface area contributed by atoms with Gasteiger partial charge in [-0.3, -0.25) is 4.79 Å². The van der Waals surface area contributed by atoms with Crippen LogP contribution in [0.2, 0.25) is 0 Å². The molecule has 2 rings (SSSR count). The van der Waals surface area contributed by atoms with Gasteiger partial charge in [0.15, 0.2) is 0 Å². The molecule has 0 heterocycles. The van der Waals surface area contributed by atoms with Gasteiger partial charge in [0.2, 0.25) is 0 Å². The van der Waals surface area contributed by atoms with Crippen molar-refractivity contribution in [2.75, 3.05) is 7.05 Å². The zero-order valence-corrected chi connectivity index (χ0v) is 12.4. The van der Waals surface area contributed by atoms with Crippen molar-refractivity contribution in [2.45, 2.75) is 44.0 Å². The predicted molar refractivity (Wildman–Crippen MR) is 75.1 cm³/mol. The number of carbonyl (C=O) groups is 1. The van der Waals surface area contributed by atoms with Gasteiger partial charge in [-0.15, -0.1) is 11.6 Å². The monoisotopic (exact) mass is 301 g/mol. The van der Waals surface area contributed by atoms with E-state index in [2.05, 4.69) is 0 Å². The SMILES string of the molecule is Cc1ccc(F)c(C(=O)N(C)C2CCCCC2Cl)c1F. The van der Waals surface area contributed by atoms with Gasteiger partial charge in [0.1, 0.15) is 17.2 Å². The lowest BCUT2D eigenvalue weighted by atomic mass is 9.93. The fraction of sp³-hybridized carbons (Fsp3) is 0.533. The molecule has 1 aromatic rings. The number of hydrogen-bond donors (Lipinski definition) is 0. The minimum Gasteiger partial charge on any atom is -0.337 e. The highest BCUT2D eigenvalue weighted by atomic mass is 35.5. The quantitative estimate of drug-likeness (QED) is 0.759. The number of carbonyl (C=O) groups excluding carboxylic acids is 1. The standard InChI is InChI=1S/C15H18ClF2NO/c1-9-7-8-11(17)13(14(9)18)15(20)19(2)12-6-4-3-5-10(12)16/h7-8,10,12H,3-6H2,1-2H3. The predicted octanol–water partition coefficient (Wildman–Crippen LogP) is 3.90. The van der Waals surface area contributed by atoms with Gasteiger partial charge in [0.05, 0.1) is 5.38 Å². The van der Waals surface area contributed by atoms with Crippen molar-refractivity contribution in [1.82, 2.24) is 4.90 Å². The zero-order valence-electron chi connectivity index (χ0n) is 11.6. The highest BCUT2D eigenvalue weighted by molar-refractivity contribution is 6.21. The summed E-state index contributed by atoms with van der Waals surface area (Å²) in [7, 11) is 1.56. The molecule has 20 heavy (non-hydrogen) atoms. The maximum atomic E-state index is 14.0. The van der Waals surface area contributed by atoms with Gasteiger partial charge in [-0.05, 0) is 31.4 Å². The van der Waals surface area contributed by atoms with Gasteiger partial charge < -0.3 is 4.90 Å². The fourth-order valence-corrected chi connectivity index (χ4v) is 3.13. The number of rotatable bonds is 2. The van der Waals surface area contributed by atoms with Crippen molar-refractivity contribution in [3.05, 3.63) is 34.9 Å². The summed E-state index contributed by atoms with van der Waals surface area (Å²) >= 11 is 6.24. The number of halogens is 3. The first kappa shape index (κ1) is 15.2. The summed E-state index contributed by atoms with van der Waals surface area (Å²) in [5, 5.41) is -0.159. The first-order valence-electron chi connectivity index (χ1n) is 6.79. The zero-order chi connectivity index (χ0) is 14.9. The molecule has 0 aromatic heterocycles. The number of alkyl halides is 1. The van der Waals surface area contributed by atoms with Crippen LogP contribution in [0.1, 0.15) is 41.6 Å². The van der Waals surface area contributed by atoms with Crippen molar-refractivity contribution in [3.8, 4) is 0 Å². The second-order valence-electron chi connectivity index (χ2n) is 5.34. The molecule has 1 aromatic carbocycles. The van der Waals surface area contributed by atoms with Crippen LogP contribution in [-0.2, 0) is 0 Å². The van der Waals surface area contributed by atoms with Gasteiger partial charge >= 0.3 is 0 Å². The molecule has 2 nitrogen and oxygen atoms in total. The second-order valence-corrected chi connectivity index (χ2v) is 5.90. The van der Waals surface area contributed by atoms with Crippen LogP contribution in [-0.4, -0.2) is 29.3 Å². The number of nitrogens with zero attached hydrogens (tertiary/aromatic N) is 1. The summed E-state index contributed by atoms with van der Waals surface area (Å²) in [4.78, 5) is 13.8. The van der Waals surface area contributed by atoms with E-state index in [0.29, 0.717) is 0 Å². The van der Waals surface area contributed by atoms with Crippen LogP contribution in [0, 0.1) is 18.6 Å². The first-order chi connectivity index (χ1) is 9.43. The smallest absolute Gasteiger partial charge is 0.259 e. The number of aryl methyl sites for hydroxylation is 1. The van der Waals surface area contributed by atoms with E-state index in [-0.39, 0.29) is 17.0 Å². The van der Waals surface area contributed by atoms with E-state index in [1.165, 1.54) is 17.9 Å². The van der Waals surface area contributed by atoms with Crippen LogP contribution < -0.4 is 0 Å². The normalized spacial score (nSPS) is 22.6. The third kappa shape index (κ3) is 2.80. The lowest BCUT2D eigenvalue weighted by Gasteiger charge is -2.35. The van der Waals surface area contributed by atoms with Crippen LogP contribution in [0.15, 0.2) is 12.1 Å². The van der Waals surface area contributed by atoms with Crippen molar-refractivity contribution >= 4 is 17.5 Å². The lowest BCUT2D eigenvalue weighted by molar-refractivity contribution is 0.0690. The molecule has 110 valence electrons. The molecule has 2 unspecified atom stereocenters. The Morgan fingerprint density at radius 2 is 1.95 bits per heavy atom. The van der Waals surface area contributed by atoms with E-state index in [9.17, 15) is 13.6 Å². The highest BCUT2D eigenvalue weighted by Gasteiger charge is 2.32. The molecular formula is C15H18ClF2NO. The van der Waals surface area contributed by atoms with E-state index < -0.39 is 23.1 Å². The molecule has 5 heteroatoms. The largest absolute Gasteiger partial charge is 0.337 e. The molecule has 2 atom stereocenters. The van der Waals surface area contributed by atoms with Crippen LogP contribution in [0.3, 0.4) is 0 Å². The third-order valence-corrected chi connectivity index (χ3v) is 4.47. The first-order valence-corrected chi connectivity index (χ1v) is 7.23. The molecule has 0 aliphatic heterocycles. The maximum Gasteiger partial charge on any atom is 0.259 e. The minimum atomic E-state index is -0.827. The van der Waals surface area contributed by atoms with Crippen LogP contribution in [0.4, 0.5) is 8.78 Å². The van der Waals surface area contributed by atoms with E-state index in [4.69, 9.17) is 11.6 Å². The second kappa shape index (κ2) is 6.08. The van der Waals surface area contributed by atoms with Gasteiger partial charge in [0, 0.05) is 13.1 Å². The number of amides is 1. The number of hydrogen-bond acceptors (Lipinski definition) is 1. The molecule has 0 bridgehead atoms. The van der Waals surface area contributed by atoms with Crippen molar-refractivity contribution in [3.63, 3.8) is 0 Å². The minimum absolute atomic E-state index is 0.159. The molecular weight excluding hydrogens is 284 g/mol. The summed E-state index contributed by atoms with van der Waals surface area (Å²) in [6.45, 7) is 1.51. The summed E-state index contributed by atoms with van der Waals surface area (Å²) in [5.74, 6) is -2.25. The van der Waals surface area contributed by atoms with Gasteiger partial charge in [-0.2, -0.15) is 0 Å². The van der Waals surface area contributed by atoms with Crippen LogP contribution >= 0.6 is 11.6 Å². The van der Waals surface area contributed by atoms with Crippen molar-refractivity contribution < 1.29 is 13.6 Å². The Bertz CT molecular complexity index is 521. The van der Waals surface area contributed by atoms with Crippen LogP contribution in [0.5, 0.6) is 0 Å². The Hall–Kier alpha value is -1.16. The molecule has 0 spiro atoms. The third-order valence-electron chi connectivity index (χ3n) is 3.96. The topological polar surface area (TPSA) is 20.3 Å². The Kier molecular flexibility index (Phi) is 4.63. The van der Waals surface area contributed by atoms with E-state index in [0.717, 1.165) is 31.7 Å². The Labute approximate surface area is 122 Å². The van der Waals surface area contributed by atoms with Gasteiger partial charge in [-0.1, -0.05) is 18.9 Å². The van der Waals surface area contributed by atoms with Gasteiger partial charge in [-0.25, -0.2) is 8.78 Å². The highest BCUT2D eigenvalue weighted by Crippen LogP contribution is 2.28.